The van der Waals surface area contributed by atoms with Gasteiger partial charge in [0, 0.05) is 37.4 Å². The van der Waals surface area contributed by atoms with Crippen LogP contribution in [-0.2, 0) is 46.7 Å². The van der Waals surface area contributed by atoms with Crippen LogP contribution in [0.15, 0.2) is 17.4 Å². The summed E-state index contributed by atoms with van der Waals surface area (Å²) < 4.78 is 92.4. The van der Waals surface area contributed by atoms with E-state index in [1.54, 1.807) is 20.1 Å². The fourth-order valence-corrected chi connectivity index (χ4v) is 7.59. The molecule has 4 aromatic heterocycles. The van der Waals surface area contributed by atoms with Crippen molar-refractivity contribution in [3.05, 3.63) is 23.3 Å². The van der Waals surface area contributed by atoms with Gasteiger partial charge in [0.2, 0.25) is 42.5 Å². The first-order valence-corrected chi connectivity index (χ1v) is 22.2. The third kappa shape index (κ3) is 14.7. The van der Waals surface area contributed by atoms with Gasteiger partial charge in [-0.1, -0.05) is 20.8 Å². The summed E-state index contributed by atoms with van der Waals surface area (Å²) in [6, 6.07) is 0. The van der Waals surface area contributed by atoms with Gasteiger partial charge in [-0.15, -0.1) is 0 Å². The molecule has 0 N–H and O–H groups in total. The first-order valence-electron chi connectivity index (χ1n) is 11.9. The van der Waals surface area contributed by atoms with Gasteiger partial charge in [-0.3, -0.25) is 4.21 Å². The Morgan fingerprint density at radius 3 is 1.40 bits per heavy atom. The molecule has 4 heterocycles. The molecule has 23 heteroatoms. The molecule has 43 heavy (non-hydrogen) atoms. The summed E-state index contributed by atoms with van der Waals surface area (Å²) in [6.07, 6.45) is 6.67. The lowest BCUT2D eigenvalue weighted by Gasteiger charge is -1.93. The van der Waals surface area contributed by atoms with Crippen molar-refractivity contribution in [1.29, 1.82) is 0 Å². The smallest absolute Gasteiger partial charge is 0.228 e. The number of aromatic nitrogens is 8. The van der Waals surface area contributed by atoms with Crippen molar-refractivity contribution < 1.29 is 29.5 Å². The summed E-state index contributed by atoms with van der Waals surface area (Å²) in [4.78, 5) is 15.4. The number of sulfone groups is 3. The highest BCUT2D eigenvalue weighted by Gasteiger charge is 2.16. The summed E-state index contributed by atoms with van der Waals surface area (Å²) in [5.74, 6) is 2.61. The van der Waals surface area contributed by atoms with E-state index in [0.29, 0.717) is 27.6 Å². The van der Waals surface area contributed by atoms with Crippen LogP contribution in [0, 0.1) is 13.8 Å². The molecule has 0 radical (unpaired) electrons. The van der Waals surface area contributed by atoms with E-state index in [1.807, 2.05) is 20.8 Å². The van der Waals surface area contributed by atoms with Gasteiger partial charge in [0.05, 0.1) is 10.8 Å². The molecule has 4 aromatic rings. The Balaban J connectivity index is 0.000000289. The predicted octanol–water partition coefficient (Wildman–Crippen LogP) is 2.79. The molecule has 0 bridgehead atoms. The van der Waals surface area contributed by atoms with Crippen molar-refractivity contribution in [2.24, 2.45) is 0 Å². The van der Waals surface area contributed by atoms with E-state index in [2.05, 4.69) is 37.4 Å². The molecule has 1 unspecified atom stereocenters. The Morgan fingerprint density at radius 1 is 0.674 bits per heavy atom. The van der Waals surface area contributed by atoms with Crippen molar-refractivity contribution in [1.82, 2.24) is 37.4 Å². The maximum Gasteiger partial charge on any atom is 0.228 e. The van der Waals surface area contributed by atoms with Gasteiger partial charge in [0.25, 0.3) is 0 Å². The summed E-state index contributed by atoms with van der Waals surface area (Å²) in [7, 11) is -10.4. The van der Waals surface area contributed by atoms with Crippen molar-refractivity contribution in [2.45, 2.75) is 70.7 Å². The second-order valence-corrected chi connectivity index (χ2v) is 19.9. The third-order valence-electron chi connectivity index (χ3n) is 4.08. The molecule has 0 aliphatic carbocycles. The summed E-state index contributed by atoms with van der Waals surface area (Å²) in [6.45, 7) is 9.29. The van der Waals surface area contributed by atoms with Gasteiger partial charge in [-0.25, -0.2) is 45.2 Å². The van der Waals surface area contributed by atoms with Crippen LogP contribution in [0.4, 0.5) is 0 Å². The van der Waals surface area contributed by atoms with Crippen molar-refractivity contribution in [3.63, 3.8) is 0 Å². The van der Waals surface area contributed by atoms with E-state index in [9.17, 15) is 29.5 Å². The number of rotatable bonds is 7. The molecule has 0 aliphatic heterocycles. The molecule has 0 amide bonds. The van der Waals surface area contributed by atoms with Crippen LogP contribution in [0.1, 0.15) is 56.4 Å². The summed E-state index contributed by atoms with van der Waals surface area (Å²) in [5, 5.41) is 0. The highest BCUT2D eigenvalue weighted by molar-refractivity contribution is 7.93. The van der Waals surface area contributed by atoms with E-state index in [0.717, 1.165) is 66.2 Å². The molecule has 4 rings (SSSR count). The van der Waals surface area contributed by atoms with Gasteiger partial charge >= 0.3 is 0 Å². The highest BCUT2D eigenvalue weighted by Crippen LogP contribution is 2.17. The average molecular weight is 753 g/mol. The monoisotopic (exact) mass is 752 g/mol. The molecule has 0 saturated heterocycles. The minimum atomic E-state index is -3.17. The largest absolute Gasteiger partial charge is 0.252 e. The molecular formula is C20H32N8O7S8. The minimum Gasteiger partial charge on any atom is -0.252 e. The number of hydrogen-bond donors (Lipinski definition) is 0. The molecule has 0 aliphatic rings. The van der Waals surface area contributed by atoms with Crippen LogP contribution in [0.2, 0.25) is 0 Å². The average Bonchev–Trinajstić information content (AvgIpc) is 3.66. The maximum absolute atomic E-state index is 11.0. The lowest BCUT2D eigenvalue weighted by molar-refractivity contribution is 0.598. The van der Waals surface area contributed by atoms with Gasteiger partial charge in [-0.2, -0.15) is 17.5 Å². The Hall–Kier alpha value is -1.76. The molecular weight excluding hydrogens is 721 g/mol. The van der Waals surface area contributed by atoms with Crippen LogP contribution in [-0.4, -0.2) is 91.9 Å². The SMILES string of the molecule is CC(C)c1nsc(S(C)(=O)=O)n1.CCCc1nsc(S(C)(=O)=O)n1.Cc1nsc(S(C)(=O)=O)n1.Cc1nsc(S(C)=O)n1. The second-order valence-electron chi connectivity index (χ2n) is 8.79. The third-order valence-corrected chi connectivity index (χ3v) is 13.4. The van der Waals surface area contributed by atoms with E-state index >= 15 is 0 Å². The van der Waals surface area contributed by atoms with Crippen LogP contribution < -0.4 is 0 Å². The number of aryl methyl sites for hydroxylation is 3. The first kappa shape index (κ1) is 39.3. The van der Waals surface area contributed by atoms with E-state index < -0.39 is 40.3 Å². The Bertz CT molecular complexity index is 1810. The zero-order valence-electron chi connectivity index (χ0n) is 24.7. The van der Waals surface area contributed by atoms with Gasteiger partial charge in [-0.05, 0) is 66.4 Å². The minimum absolute atomic E-state index is 0.0880. The topological polar surface area (TPSA) is 223 Å². The number of hydrogen-bond acceptors (Lipinski definition) is 19. The Labute approximate surface area is 270 Å². The second kappa shape index (κ2) is 17.1. The van der Waals surface area contributed by atoms with Crippen LogP contribution in [0.5, 0.6) is 0 Å². The zero-order valence-corrected chi connectivity index (χ0v) is 31.2. The van der Waals surface area contributed by atoms with Crippen LogP contribution in [0.3, 0.4) is 0 Å². The molecule has 0 saturated carbocycles. The fourth-order valence-electron chi connectivity index (χ4n) is 2.14. The molecule has 1 atom stereocenters. The molecule has 0 spiro atoms. The quantitative estimate of drug-likeness (QED) is 0.265. The fraction of sp³-hybridized carbons (Fsp3) is 0.600. The van der Waals surface area contributed by atoms with E-state index in [-0.39, 0.29) is 18.9 Å². The first-order chi connectivity index (χ1) is 19.6. The zero-order chi connectivity index (χ0) is 33.2. The van der Waals surface area contributed by atoms with E-state index in [1.165, 1.54) is 11.5 Å². The van der Waals surface area contributed by atoms with Crippen LogP contribution >= 0.6 is 46.1 Å². The standard InChI is InChI=1S/2C6H10N2O2S2.C4H6N2O2S2.C4H6N2OS2/c1-4(2)5-7-6(11-8-5)12(3,9)10;1-3-4-5-7-6(11-8-5)12(2,9)10;1-3-5-4(9-6-3)10(2,7)8;1-3-5-4(8-6-3)9(2)7/h4H,1-3H3;3-4H2,1-2H3;1-2H3;1-2H3. The lowest BCUT2D eigenvalue weighted by atomic mass is 10.2. The van der Waals surface area contributed by atoms with Gasteiger partial charge < -0.3 is 0 Å². The van der Waals surface area contributed by atoms with Gasteiger partial charge in [0.1, 0.15) is 23.3 Å². The van der Waals surface area contributed by atoms with Gasteiger partial charge in [0.15, 0.2) is 4.34 Å². The maximum atomic E-state index is 11.0. The lowest BCUT2D eigenvalue weighted by Crippen LogP contribution is -1.97. The number of nitrogens with zero attached hydrogens (tertiary/aromatic N) is 8. The molecule has 0 fully saturated rings. The highest BCUT2D eigenvalue weighted by atomic mass is 32.2. The Kier molecular flexibility index (Phi) is 15.6. The normalized spacial score (nSPS) is 12.3. The van der Waals surface area contributed by atoms with Crippen molar-refractivity contribution in [2.75, 3.05) is 25.0 Å². The van der Waals surface area contributed by atoms with Crippen molar-refractivity contribution in [3.8, 4) is 0 Å². The summed E-state index contributed by atoms with van der Waals surface area (Å²) >= 11 is 3.99. The molecule has 15 nitrogen and oxygen atoms in total. The summed E-state index contributed by atoms with van der Waals surface area (Å²) in [5.41, 5.74) is 0. The Morgan fingerprint density at radius 2 is 1.12 bits per heavy atom. The van der Waals surface area contributed by atoms with Crippen molar-refractivity contribution >= 4 is 86.4 Å². The predicted molar refractivity (Wildman–Crippen MR) is 169 cm³/mol. The van der Waals surface area contributed by atoms with Crippen LogP contribution in [0.25, 0.3) is 0 Å². The molecule has 0 aromatic carbocycles. The molecule has 242 valence electrons. The van der Waals surface area contributed by atoms with E-state index in [4.69, 9.17) is 0 Å².